The molecule has 2 aliphatic rings. The van der Waals surface area contributed by atoms with Crippen LogP contribution in [0.2, 0.25) is 15.1 Å². The molecular weight excluding hydrogens is 569 g/mol. The van der Waals surface area contributed by atoms with Crippen LogP contribution in [0.15, 0.2) is 53.5 Å². The Kier molecular flexibility index (Phi) is 7.77. The number of amides is 2. The number of hydrogen-bond acceptors (Lipinski definition) is 6. The van der Waals surface area contributed by atoms with E-state index >= 15 is 0 Å². The van der Waals surface area contributed by atoms with E-state index in [1.807, 2.05) is 50.2 Å². The quantitative estimate of drug-likeness (QED) is 0.308. The van der Waals surface area contributed by atoms with Crippen LogP contribution in [-0.2, 0) is 16.1 Å². The summed E-state index contributed by atoms with van der Waals surface area (Å²) in [6.45, 7) is 4.38. The zero-order valence-corrected chi connectivity index (χ0v) is 23.5. The molecule has 0 radical (unpaired) electrons. The molecule has 0 spiro atoms. The number of anilines is 1. The number of ether oxygens (including phenoxy) is 2. The Labute approximate surface area is 239 Å². The van der Waals surface area contributed by atoms with E-state index in [1.54, 1.807) is 4.90 Å². The van der Waals surface area contributed by atoms with Crippen LogP contribution in [0.25, 0.3) is 0 Å². The van der Waals surface area contributed by atoms with Crippen molar-refractivity contribution in [2.75, 3.05) is 12.1 Å². The van der Waals surface area contributed by atoms with Gasteiger partial charge in [-0.1, -0.05) is 64.8 Å². The van der Waals surface area contributed by atoms with Crippen molar-refractivity contribution in [2.45, 2.75) is 32.1 Å². The number of thioether (sulfide) groups is 1. The third-order valence-corrected chi connectivity index (χ3v) is 8.24. The molecule has 5 rings (SSSR count). The van der Waals surface area contributed by atoms with Gasteiger partial charge < -0.3 is 14.8 Å². The van der Waals surface area contributed by atoms with Crippen LogP contribution >= 0.6 is 46.6 Å². The number of fused-ring (bicyclic) bond motifs is 1. The minimum atomic E-state index is -0.672. The Bertz CT molecular complexity index is 1480. The van der Waals surface area contributed by atoms with Crippen LogP contribution in [0, 0.1) is 13.8 Å². The molecule has 0 aromatic heterocycles. The largest absolute Gasteiger partial charge is 0.454 e. The van der Waals surface area contributed by atoms with Gasteiger partial charge in [0.05, 0.1) is 33.0 Å². The number of halogens is 3. The highest BCUT2D eigenvalue weighted by atomic mass is 35.5. The molecule has 0 aliphatic carbocycles. The second-order valence-corrected chi connectivity index (χ2v) is 11.3. The van der Waals surface area contributed by atoms with Gasteiger partial charge in [-0.05, 0) is 60.9 Å². The molecule has 7 nitrogen and oxygen atoms in total. The molecule has 1 atom stereocenters. The molecule has 2 amide bonds. The van der Waals surface area contributed by atoms with Crippen molar-refractivity contribution in [3.05, 3.63) is 80.3 Å². The SMILES string of the molecule is Cc1ccc(C)c(N=C2SC(CC(=O)Nc3cc(Cl)c(Cl)cc3Cl)C(=O)N2Cc2ccc3c(c2)OCO3)c1. The predicted molar refractivity (Wildman–Crippen MR) is 152 cm³/mol. The van der Waals surface area contributed by atoms with Crippen LogP contribution in [-0.4, -0.2) is 33.9 Å². The minimum Gasteiger partial charge on any atom is -0.454 e. The molecule has 1 unspecified atom stereocenters. The molecule has 3 aromatic rings. The van der Waals surface area contributed by atoms with Crippen molar-refractivity contribution < 1.29 is 19.1 Å². The van der Waals surface area contributed by atoms with Gasteiger partial charge in [-0.25, -0.2) is 4.99 Å². The summed E-state index contributed by atoms with van der Waals surface area (Å²) >= 11 is 19.5. The Morgan fingerprint density at radius 1 is 1.03 bits per heavy atom. The number of carbonyl (C=O) groups excluding carboxylic acids is 2. The second kappa shape index (κ2) is 11.1. The van der Waals surface area contributed by atoms with E-state index < -0.39 is 5.25 Å². The molecule has 0 saturated carbocycles. The number of amidine groups is 1. The summed E-state index contributed by atoms with van der Waals surface area (Å²) in [7, 11) is 0. The van der Waals surface area contributed by atoms with Crippen molar-refractivity contribution in [3.63, 3.8) is 0 Å². The Balaban J connectivity index is 1.40. The lowest BCUT2D eigenvalue weighted by molar-refractivity contribution is -0.128. The molecule has 1 N–H and O–H groups in total. The van der Waals surface area contributed by atoms with E-state index in [0.717, 1.165) is 22.4 Å². The van der Waals surface area contributed by atoms with E-state index in [-0.39, 0.29) is 46.6 Å². The van der Waals surface area contributed by atoms with Crippen molar-refractivity contribution in [3.8, 4) is 11.5 Å². The fraction of sp³-hybridized carbons (Fsp3) is 0.222. The number of aryl methyl sites for hydroxylation is 2. The maximum absolute atomic E-state index is 13.6. The van der Waals surface area contributed by atoms with Gasteiger partial charge in [0.15, 0.2) is 16.7 Å². The van der Waals surface area contributed by atoms with Crippen molar-refractivity contribution in [2.24, 2.45) is 4.99 Å². The lowest BCUT2D eigenvalue weighted by Gasteiger charge is -2.17. The lowest BCUT2D eigenvalue weighted by Crippen LogP contribution is -2.33. The molecule has 196 valence electrons. The summed E-state index contributed by atoms with van der Waals surface area (Å²) in [6, 6.07) is 14.5. The fourth-order valence-electron chi connectivity index (χ4n) is 4.02. The van der Waals surface area contributed by atoms with Gasteiger partial charge in [-0.3, -0.25) is 14.5 Å². The molecule has 11 heteroatoms. The van der Waals surface area contributed by atoms with E-state index in [2.05, 4.69) is 5.32 Å². The number of nitrogens with one attached hydrogen (secondary N) is 1. The summed E-state index contributed by atoms with van der Waals surface area (Å²) in [5.74, 6) is 0.694. The molecule has 1 saturated heterocycles. The van der Waals surface area contributed by atoms with Gasteiger partial charge in [0.2, 0.25) is 18.6 Å². The highest BCUT2D eigenvalue weighted by Crippen LogP contribution is 2.37. The van der Waals surface area contributed by atoms with Gasteiger partial charge in [-0.15, -0.1) is 0 Å². The van der Waals surface area contributed by atoms with E-state index in [9.17, 15) is 9.59 Å². The van der Waals surface area contributed by atoms with Crippen molar-refractivity contribution in [1.82, 2.24) is 4.90 Å². The molecule has 2 aliphatic heterocycles. The fourth-order valence-corrected chi connectivity index (χ4v) is 5.77. The van der Waals surface area contributed by atoms with Gasteiger partial charge in [0.25, 0.3) is 0 Å². The second-order valence-electron chi connectivity index (χ2n) is 8.90. The maximum atomic E-state index is 13.6. The third-order valence-electron chi connectivity index (χ3n) is 6.03. The summed E-state index contributed by atoms with van der Waals surface area (Å²) in [4.78, 5) is 32.9. The van der Waals surface area contributed by atoms with Crippen LogP contribution in [0.5, 0.6) is 11.5 Å². The topological polar surface area (TPSA) is 80.2 Å². The first-order chi connectivity index (χ1) is 18.2. The van der Waals surface area contributed by atoms with Crippen LogP contribution in [0.3, 0.4) is 0 Å². The van der Waals surface area contributed by atoms with Crippen LogP contribution in [0.1, 0.15) is 23.1 Å². The average Bonchev–Trinajstić information content (AvgIpc) is 3.45. The maximum Gasteiger partial charge on any atom is 0.242 e. The number of carbonyl (C=O) groups is 2. The Morgan fingerprint density at radius 3 is 2.61 bits per heavy atom. The third kappa shape index (κ3) is 5.73. The van der Waals surface area contributed by atoms with E-state index in [1.165, 1.54) is 23.9 Å². The zero-order chi connectivity index (χ0) is 27.0. The molecule has 2 heterocycles. The first kappa shape index (κ1) is 26.7. The summed E-state index contributed by atoms with van der Waals surface area (Å²) < 4.78 is 10.9. The molecule has 0 bridgehead atoms. The highest BCUT2D eigenvalue weighted by molar-refractivity contribution is 8.15. The van der Waals surface area contributed by atoms with Crippen molar-refractivity contribution >= 4 is 74.9 Å². The van der Waals surface area contributed by atoms with Gasteiger partial charge >= 0.3 is 0 Å². The first-order valence-corrected chi connectivity index (χ1v) is 13.7. The van der Waals surface area contributed by atoms with E-state index in [0.29, 0.717) is 22.4 Å². The summed E-state index contributed by atoms with van der Waals surface area (Å²) in [5.41, 5.74) is 3.98. The molecule has 3 aromatic carbocycles. The van der Waals surface area contributed by atoms with Gasteiger partial charge in [0, 0.05) is 6.42 Å². The monoisotopic (exact) mass is 589 g/mol. The molecule has 38 heavy (non-hydrogen) atoms. The summed E-state index contributed by atoms with van der Waals surface area (Å²) in [5, 5.41) is 3.37. The van der Waals surface area contributed by atoms with Gasteiger partial charge in [0.1, 0.15) is 5.25 Å². The standard InChI is InChI=1S/C27H22Cl3N3O4S/c1-14-3-4-15(2)20(7-14)32-27-33(12-16-5-6-22-23(8-16)37-13-36-22)26(35)24(38-27)11-25(34)31-21-10-18(29)17(28)9-19(21)30/h3-10,24H,11-13H2,1-2H3,(H,31,34). The molecular formula is C27H22Cl3N3O4S. The number of hydrogen-bond donors (Lipinski definition) is 1. The first-order valence-electron chi connectivity index (χ1n) is 11.6. The number of nitrogens with zero attached hydrogens (tertiary/aromatic N) is 2. The lowest BCUT2D eigenvalue weighted by atomic mass is 10.1. The average molecular weight is 591 g/mol. The smallest absolute Gasteiger partial charge is 0.242 e. The Hall–Kier alpha value is -2.91. The normalized spacial score (nSPS) is 17.4. The highest BCUT2D eigenvalue weighted by Gasteiger charge is 2.39. The molecule has 1 fully saturated rings. The minimum absolute atomic E-state index is 0.0798. The van der Waals surface area contributed by atoms with Crippen molar-refractivity contribution in [1.29, 1.82) is 0 Å². The predicted octanol–water partition coefficient (Wildman–Crippen LogP) is 7.15. The zero-order valence-electron chi connectivity index (χ0n) is 20.4. The summed E-state index contributed by atoms with van der Waals surface area (Å²) in [6.07, 6.45) is -0.0798. The van der Waals surface area contributed by atoms with Crippen LogP contribution < -0.4 is 14.8 Å². The number of aliphatic imine (C=N–C) groups is 1. The van der Waals surface area contributed by atoms with Gasteiger partial charge in [-0.2, -0.15) is 0 Å². The van der Waals surface area contributed by atoms with E-state index in [4.69, 9.17) is 49.3 Å². The number of rotatable bonds is 6. The van der Waals surface area contributed by atoms with Crippen LogP contribution in [0.4, 0.5) is 11.4 Å². The Morgan fingerprint density at radius 2 is 1.79 bits per heavy atom. The number of benzene rings is 3.